The molecule has 0 amide bonds. The van der Waals surface area contributed by atoms with Gasteiger partial charge in [-0.05, 0) is 42.9 Å². The molecule has 0 saturated carbocycles. The molecule has 0 bridgehead atoms. The van der Waals surface area contributed by atoms with Gasteiger partial charge >= 0.3 is 0 Å². The monoisotopic (exact) mass is 401 g/mol. The second-order valence-electron chi connectivity index (χ2n) is 8.17. The standard InChI is InChI=1S/C27H35N3/c1-3-5-7-9-11-22-13-18-26(28-19-22)24-14-16-25(17-15-24)27-29-20-23(21-30-27)12-10-8-6-4-2/h13-21H,3-12H2,1-2H3. The minimum atomic E-state index is 0.786. The van der Waals surface area contributed by atoms with Gasteiger partial charge in [-0.3, -0.25) is 4.98 Å². The summed E-state index contributed by atoms with van der Waals surface area (Å²) in [6, 6.07) is 12.7. The van der Waals surface area contributed by atoms with Crippen molar-refractivity contribution in [3.8, 4) is 22.6 Å². The molecule has 3 rings (SSSR count). The van der Waals surface area contributed by atoms with Gasteiger partial charge in [0, 0.05) is 29.7 Å². The summed E-state index contributed by atoms with van der Waals surface area (Å²) in [4.78, 5) is 13.8. The largest absolute Gasteiger partial charge is 0.256 e. The highest BCUT2D eigenvalue weighted by atomic mass is 14.9. The van der Waals surface area contributed by atoms with E-state index in [9.17, 15) is 0 Å². The van der Waals surface area contributed by atoms with Gasteiger partial charge in [-0.2, -0.15) is 0 Å². The van der Waals surface area contributed by atoms with Crippen LogP contribution in [0.2, 0.25) is 0 Å². The first-order chi connectivity index (χ1) is 14.8. The van der Waals surface area contributed by atoms with Crippen LogP contribution in [0.5, 0.6) is 0 Å². The summed E-state index contributed by atoms with van der Waals surface area (Å²) in [5, 5.41) is 0. The van der Waals surface area contributed by atoms with Gasteiger partial charge in [-0.25, -0.2) is 9.97 Å². The molecule has 0 aliphatic rings. The zero-order valence-corrected chi connectivity index (χ0v) is 18.6. The van der Waals surface area contributed by atoms with E-state index in [2.05, 4.69) is 65.2 Å². The zero-order chi connectivity index (χ0) is 21.0. The maximum Gasteiger partial charge on any atom is 0.159 e. The molecule has 2 aromatic heterocycles. The molecule has 3 heteroatoms. The summed E-state index contributed by atoms with van der Waals surface area (Å²) in [6.07, 6.45) is 18.4. The summed E-state index contributed by atoms with van der Waals surface area (Å²) in [5.41, 5.74) is 5.75. The van der Waals surface area contributed by atoms with E-state index in [-0.39, 0.29) is 0 Å². The summed E-state index contributed by atoms with van der Waals surface area (Å²) in [6.45, 7) is 4.49. The van der Waals surface area contributed by atoms with Crippen LogP contribution >= 0.6 is 0 Å². The van der Waals surface area contributed by atoms with E-state index in [0.717, 1.165) is 35.5 Å². The lowest BCUT2D eigenvalue weighted by atomic mass is 10.0. The Labute approximate surface area is 182 Å². The molecule has 2 heterocycles. The molecule has 0 unspecified atom stereocenters. The van der Waals surface area contributed by atoms with Gasteiger partial charge < -0.3 is 0 Å². The van der Waals surface area contributed by atoms with Gasteiger partial charge in [0.1, 0.15) is 0 Å². The van der Waals surface area contributed by atoms with Crippen molar-refractivity contribution in [1.82, 2.24) is 15.0 Å². The van der Waals surface area contributed by atoms with Crippen LogP contribution in [0.25, 0.3) is 22.6 Å². The van der Waals surface area contributed by atoms with Crippen molar-refractivity contribution in [1.29, 1.82) is 0 Å². The Morgan fingerprint density at radius 1 is 0.533 bits per heavy atom. The third kappa shape index (κ3) is 6.76. The lowest BCUT2D eigenvalue weighted by Gasteiger charge is -2.06. The summed E-state index contributed by atoms with van der Waals surface area (Å²) in [7, 11) is 0. The molecule has 0 N–H and O–H groups in total. The molecule has 1 aromatic carbocycles. The van der Waals surface area contributed by atoms with Crippen LogP contribution < -0.4 is 0 Å². The molecule has 158 valence electrons. The Bertz CT molecular complexity index is 778. The average molecular weight is 402 g/mol. The quantitative estimate of drug-likeness (QED) is 0.296. The molecule has 0 fully saturated rings. The fourth-order valence-electron chi connectivity index (χ4n) is 3.68. The molecule has 0 spiro atoms. The van der Waals surface area contributed by atoms with Crippen molar-refractivity contribution >= 4 is 0 Å². The number of hydrogen-bond donors (Lipinski definition) is 0. The molecule has 0 radical (unpaired) electrons. The number of rotatable bonds is 12. The summed E-state index contributed by atoms with van der Waals surface area (Å²) < 4.78 is 0. The average Bonchev–Trinajstić information content (AvgIpc) is 2.81. The topological polar surface area (TPSA) is 38.7 Å². The molecule has 0 atom stereocenters. The Kier molecular flexibility index (Phi) is 9.02. The van der Waals surface area contributed by atoms with Gasteiger partial charge in [-0.15, -0.1) is 0 Å². The molecule has 3 nitrogen and oxygen atoms in total. The molecule has 3 aromatic rings. The van der Waals surface area contributed by atoms with E-state index >= 15 is 0 Å². The van der Waals surface area contributed by atoms with Crippen molar-refractivity contribution in [2.75, 3.05) is 0 Å². The van der Waals surface area contributed by atoms with Gasteiger partial charge in [0.05, 0.1) is 5.69 Å². The second-order valence-corrected chi connectivity index (χ2v) is 8.17. The van der Waals surface area contributed by atoms with E-state index < -0.39 is 0 Å². The fraction of sp³-hybridized carbons (Fsp3) is 0.444. The summed E-state index contributed by atoms with van der Waals surface area (Å²) >= 11 is 0. The van der Waals surface area contributed by atoms with Crippen LogP contribution in [-0.4, -0.2) is 15.0 Å². The minimum absolute atomic E-state index is 0.786. The number of aromatic nitrogens is 3. The Morgan fingerprint density at radius 3 is 1.67 bits per heavy atom. The number of aryl methyl sites for hydroxylation is 2. The highest BCUT2D eigenvalue weighted by Crippen LogP contribution is 2.22. The maximum atomic E-state index is 4.67. The fourth-order valence-corrected chi connectivity index (χ4v) is 3.68. The van der Waals surface area contributed by atoms with Crippen LogP contribution in [0.15, 0.2) is 55.0 Å². The third-order valence-electron chi connectivity index (χ3n) is 5.61. The van der Waals surface area contributed by atoms with Crippen molar-refractivity contribution in [2.24, 2.45) is 0 Å². The molecular formula is C27H35N3. The van der Waals surface area contributed by atoms with Crippen LogP contribution in [0.1, 0.15) is 76.3 Å². The van der Waals surface area contributed by atoms with Gasteiger partial charge in [0.25, 0.3) is 0 Å². The Hall–Kier alpha value is -2.55. The zero-order valence-electron chi connectivity index (χ0n) is 18.6. The number of benzene rings is 1. The second kappa shape index (κ2) is 12.2. The molecule has 0 aliphatic heterocycles. The van der Waals surface area contributed by atoms with Crippen molar-refractivity contribution in [2.45, 2.75) is 78.1 Å². The third-order valence-corrected chi connectivity index (χ3v) is 5.61. The van der Waals surface area contributed by atoms with Crippen LogP contribution in [-0.2, 0) is 12.8 Å². The van der Waals surface area contributed by atoms with E-state index in [1.54, 1.807) is 0 Å². The van der Waals surface area contributed by atoms with Crippen molar-refractivity contribution in [3.05, 3.63) is 66.1 Å². The predicted molar refractivity (Wildman–Crippen MR) is 126 cm³/mol. The first-order valence-electron chi connectivity index (χ1n) is 11.7. The summed E-state index contributed by atoms with van der Waals surface area (Å²) in [5.74, 6) is 0.786. The highest BCUT2D eigenvalue weighted by Gasteiger charge is 2.05. The SMILES string of the molecule is CCCCCCc1ccc(-c2ccc(-c3ncc(CCCCCC)cn3)cc2)nc1. The van der Waals surface area contributed by atoms with Crippen LogP contribution in [0.4, 0.5) is 0 Å². The smallest absolute Gasteiger partial charge is 0.159 e. The van der Waals surface area contributed by atoms with Crippen molar-refractivity contribution < 1.29 is 0 Å². The first-order valence-corrected chi connectivity index (χ1v) is 11.7. The minimum Gasteiger partial charge on any atom is -0.256 e. The predicted octanol–water partition coefficient (Wildman–Crippen LogP) is 7.45. The lowest BCUT2D eigenvalue weighted by molar-refractivity contribution is 0.665. The molecule has 0 aliphatic carbocycles. The van der Waals surface area contributed by atoms with Crippen LogP contribution in [0, 0.1) is 0 Å². The number of pyridine rings is 1. The number of hydrogen-bond acceptors (Lipinski definition) is 3. The lowest BCUT2D eigenvalue weighted by Crippen LogP contribution is -1.93. The maximum absolute atomic E-state index is 4.67. The van der Waals surface area contributed by atoms with Gasteiger partial charge in [0.2, 0.25) is 0 Å². The normalized spacial score (nSPS) is 11.0. The van der Waals surface area contributed by atoms with E-state index in [4.69, 9.17) is 0 Å². The van der Waals surface area contributed by atoms with Crippen molar-refractivity contribution in [3.63, 3.8) is 0 Å². The van der Waals surface area contributed by atoms with E-state index in [1.807, 2.05) is 18.6 Å². The Morgan fingerprint density at radius 2 is 1.10 bits per heavy atom. The number of unbranched alkanes of at least 4 members (excludes halogenated alkanes) is 6. The molecular weight excluding hydrogens is 366 g/mol. The first kappa shape index (κ1) is 22.1. The highest BCUT2D eigenvalue weighted by molar-refractivity contribution is 5.65. The Balaban J connectivity index is 1.56. The van der Waals surface area contributed by atoms with Gasteiger partial charge in [-0.1, -0.05) is 82.7 Å². The molecule has 0 saturated heterocycles. The van der Waals surface area contributed by atoms with E-state index in [0.29, 0.717) is 0 Å². The molecule has 30 heavy (non-hydrogen) atoms. The van der Waals surface area contributed by atoms with Gasteiger partial charge in [0.15, 0.2) is 5.82 Å². The number of nitrogens with zero attached hydrogens (tertiary/aromatic N) is 3. The van der Waals surface area contributed by atoms with E-state index in [1.165, 1.54) is 62.5 Å². The van der Waals surface area contributed by atoms with Crippen LogP contribution in [0.3, 0.4) is 0 Å².